The number of para-hydroxylation sites is 1. The summed E-state index contributed by atoms with van der Waals surface area (Å²) in [5.41, 5.74) is 3.05. The first kappa shape index (κ1) is 17.4. The third-order valence-electron chi connectivity index (χ3n) is 4.35. The SMILES string of the molecule is COCCc1nc(CNc2nc(C)nc3c2Cc2ccccc2OC3)no1. The van der Waals surface area contributed by atoms with Gasteiger partial charge in [0.25, 0.3) is 0 Å². The van der Waals surface area contributed by atoms with Crippen molar-refractivity contribution in [2.75, 3.05) is 19.0 Å². The van der Waals surface area contributed by atoms with Gasteiger partial charge in [0.05, 0.1) is 25.3 Å². The Bertz CT molecular complexity index is 941. The zero-order valence-electron chi connectivity index (χ0n) is 15.4. The molecule has 3 aromatic rings. The highest BCUT2D eigenvalue weighted by Crippen LogP contribution is 2.30. The highest BCUT2D eigenvalue weighted by molar-refractivity contribution is 5.52. The molecule has 140 valence electrons. The largest absolute Gasteiger partial charge is 0.487 e. The summed E-state index contributed by atoms with van der Waals surface area (Å²) in [5, 5.41) is 7.34. The molecule has 27 heavy (non-hydrogen) atoms. The van der Waals surface area contributed by atoms with Crippen LogP contribution in [0.25, 0.3) is 0 Å². The molecule has 0 amide bonds. The summed E-state index contributed by atoms with van der Waals surface area (Å²) in [6.45, 7) is 3.27. The molecule has 1 aliphatic heterocycles. The van der Waals surface area contributed by atoms with Gasteiger partial charge >= 0.3 is 0 Å². The molecule has 0 aliphatic carbocycles. The van der Waals surface area contributed by atoms with Crippen molar-refractivity contribution in [3.05, 3.63) is 58.6 Å². The lowest BCUT2D eigenvalue weighted by Gasteiger charge is -2.12. The van der Waals surface area contributed by atoms with Gasteiger partial charge in [-0.3, -0.25) is 0 Å². The van der Waals surface area contributed by atoms with Crippen molar-refractivity contribution in [3.63, 3.8) is 0 Å². The third kappa shape index (κ3) is 3.90. The molecule has 0 bridgehead atoms. The second-order valence-corrected chi connectivity index (χ2v) is 6.32. The lowest BCUT2D eigenvalue weighted by Crippen LogP contribution is -2.11. The minimum Gasteiger partial charge on any atom is -0.487 e. The molecule has 0 unspecified atom stereocenters. The van der Waals surface area contributed by atoms with E-state index in [9.17, 15) is 0 Å². The highest BCUT2D eigenvalue weighted by atomic mass is 16.5. The minimum absolute atomic E-state index is 0.419. The maximum Gasteiger partial charge on any atom is 0.229 e. The quantitative estimate of drug-likeness (QED) is 0.710. The molecule has 0 spiro atoms. The maximum atomic E-state index is 5.92. The van der Waals surface area contributed by atoms with Gasteiger partial charge in [-0.1, -0.05) is 23.4 Å². The van der Waals surface area contributed by atoms with Crippen LogP contribution in [0, 0.1) is 6.92 Å². The number of hydrogen-bond donors (Lipinski definition) is 1. The topological polar surface area (TPSA) is 95.2 Å². The van der Waals surface area contributed by atoms with Gasteiger partial charge in [-0.15, -0.1) is 0 Å². The van der Waals surface area contributed by atoms with Gasteiger partial charge in [-0.05, 0) is 18.6 Å². The van der Waals surface area contributed by atoms with Crippen molar-refractivity contribution in [2.24, 2.45) is 0 Å². The van der Waals surface area contributed by atoms with Crippen molar-refractivity contribution in [3.8, 4) is 5.75 Å². The summed E-state index contributed by atoms with van der Waals surface area (Å²) < 4.78 is 16.2. The van der Waals surface area contributed by atoms with Crippen LogP contribution in [-0.2, 0) is 30.7 Å². The summed E-state index contributed by atoms with van der Waals surface area (Å²) in [5.74, 6) is 3.51. The Morgan fingerprint density at radius 3 is 2.96 bits per heavy atom. The predicted octanol–water partition coefficient (Wildman–Crippen LogP) is 2.45. The predicted molar refractivity (Wildman–Crippen MR) is 97.6 cm³/mol. The number of rotatable bonds is 6. The standard InChI is InChI=1S/C19H21N5O3/c1-12-21-15-11-26-16-6-4-3-5-13(16)9-14(15)19(22-12)20-10-17-23-18(27-24-17)7-8-25-2/h3-6H,7-11H2,1-2H3,(H,20,21,22). The summed E-state index contributed by atoms with van der Waals surface area (Å²) in [4.78, 5) is 13.5. The van der Waals surface area contributed by atoms with Crippen LogP contribution in [0.15, 0.2) is 28.8 Å². The van der Waals surface area contributed by atoms with Crippen LogP contribution in [0.2, 0.25) is 0 Å². The second kappa shape index (κ2) is 7.71. The minimum atomic E-state index is 0.419. The van der Waals surface area contributed by atoms with Crippen LogP contribution < -0.4 is 10.1 Å². The zero-order chi connectivity index (χ0) is 18.6. The van der Waals surface area contributed by atoms with Gasteiger partial charge < -0.3 is 19.3 Å². The Morgan fingerprint density at radius 2 is 2.07 bits per heavy atom. The number of nitrogens with one attached hydrogen (secondary N) is 1. The molecular formula is C19H21N5O3. The van der Waals surface area contributed by atoms with Crippen molar-refractivity contribution < 1.29 is 14.0 Å². The van der Waals surface area contributed by atoms with Crippen LogP contribution in [-0.4, -0.2) is 33.8 Å². The Morgan fingerprint density at radius 1 is 1.19 bits per heavy atom. The van der Waals surface area contributed by atoms with E-state index in [2.05, 4.69) is 31.5 Å². The lowest BCUT2D eigenvalue weighted by molar-refractivity contribution is 0.192. The van der Waals surface area contributed by atoms with Gasteiger partial charge in [-0.2, -0.15) is 4.98 Å². The van der Waals surface area contributed by atoms with E-state index >= 15 is 0 Å². The fourth-order valence-electron chi connectivity index (χ4n) is 3.05. The van der Waals surface area contributed by atoms with E-state index in [0.29, 0.717) is 50.1 Å². The molecule has 1 N–H and O–H groups in total. The zero-order valence-corrected chi connectivity index (χ0v) is 15.4. The monoisotopic (exact) mass is 367 g/mol. The van der Waals surface area contributed by atoms with E-state index in [1.54, 1.807) is 7.11 Å². The maximum absolute atomic E-state index is 5.92. The van der Waals surface area contributed by atoms with Crippen LogP contribution in [0.3, 0.4) is 0 Å². The van der Waals surface area contributed by atoms with Gasteiger partial charge in [0.1, 0.15) is 24.0 Å². The van der Waals surface area contributed by atoms with Gasteiger partial charge in [-0.25, -0.2) is 9.97 Å². The van der Waals surface area contributed by atoms with Crippen LogP contribution in [0.1, 0.15) is 34.4 Å². The molecule has 8 heteroatoms. The van der Waals surface area contributed by atoms with Gasteiger partial charge in [0.15, 0.2) is 5.82 Å². The first-order valence-electron chi connectivity index (χ1n) is 8.84. The van der Waals surface area contributed by atoms with E-state index in [1.807, 2.05) is 25.1 Å². The van der Waals surface area contributed by atoms with Crippen molar-refractivity contribution in [1.82, 2.24) is 20.1 Å². The summed E-state index contributed by atoms with van der Waals surface area (Å²) in [6, 6.07) is 8.03. The van der Waals surface area contributed by atoms with Crippen LogP contribution in [0.4, 0.5) is 5.82 Å². The average molecular weight is 367 g/mol. The number of hydrogen-bond acceptors (Lipinski definition) is 8. The molecular weight excluding hydrogens is 346 g/mol. The number of methoxy groups -OCH3 is 1. The summed E-state index contributed by atoms with van der Waals surface area (Å²) in [6.07, 6.45) is 1.30. The van der Waals surface area contributed by atoms with E-state index in [-0.39, 0.29) is 0 Å². The lowest BCUT2D eigenvalue weighted by atomic mass is 10.0. The number of aryl methyl sites for hydroxylation is 1. The molecule has 4 rings (SSSR count). The van der Waals surface area contributed by atoms with Crippen LogP contribution in [0.5, 0.6) is 5.75 Å². The average Bonchev–Trinajstić information content (AvgIpc) is 3.05. The van der Waals surface area contributed by atoms with Gasteiger partial charge in [0, 0.05) is 19.1 Å². The fraction of sp³-hybridized carbons (Fsp3) is 0.368. The summed E-state index contributed by atoms with van der Waals surface area (Å²) in [7, 11) is 1.64. The fourth-order valence-corrected chi connectivity index (χ4v) is 3.05. The number of fused-ring (bicyclic) bond motifs is 2. The normalized spacial score (nSPS) is 12.7. The Balaban J connectivity index is 1.55. The van der Waals surface area contributed by atoms with E-state index in [1.165, 1.54) is 0 Å². The van der Waals surface area contributed by atoms with Crippen molar-refractivity contribution in [1.29, 1.82) is 0 Å². The number of anilines is 1. The first-order valence-corrected chi connectivity index (χ1v) is 8.84. The summed E-state index contributed by atoms with van der Waals surface area (Å²) >= 11 is 0. The molecule has 1 aliphatic rings. The van der Waals surface area contributed by atoms with Gasteiger partial charge in [0.2, 0.25) is 5.89 Å². The number of aromatic nitrogens is 4. The van der Waals surface area contributed by atoms with Crippen molar-refractivity contribution in [2.45, 2.75) is 32.9 Å². The number of nitrogens with zero attached hydrogens (tertiary/aromatic N) is 4. The Labute approximate surface area is 156 Å². The Kier molecular flexibility index (Phi) is 4.97. The molecule has 8 nitrogen and oxygen atoms in total. The highest BCUT2D eigenvalue weighted by Gasteiger charge is 2.20. The molecule has 0 saturated heterocycles. The van der Waals surface area contributed by atoms with E-state index < -0.39 is 0 Å². The molecule has 0 atom stereocenters. The third-order valence-corrected chi connectivity index (χ3v) is 4.35. The second-order valence-electron chi connectivity index (χ2n) is 6.32. The smallest absolute Gasteiger partial charge is 0.229 e. The molecule has 1 aromatic carbocycles. The molecule has 0 fully saturated rings. The molecule has 2 aromatic heterocycles. The van der Waals surface area contributed by atoms with Crippen LogP contribution >= 0.6 is 0 Å². The molecule has 3 heterocycles. The molecule has 0 saturated carbocycles. The molecule has 0 radical (unpaired) electrons. The van der Waals surface area contributed by atoms with E-state index in [4.69, 9.17) is 14.0 Å². The van der Waals surface area contributed by atoms with E-state index in [0.717, 1.165) is 28.4 Å². The number of benzene rings is 1. The first-order chi connectivity index (χ1) is 13.2. The number of ether oxygens (including phenoxy) is 2. The Hall–Kier alpha value is -3.00. The van der Waals surface area contributed by atoms with Crippen molar-refractivity contribution >= 4 is 5.82 Å².